The van der Waals surface area contributed by atoms with Gasteiger partial charge >= 0.3 is 0 Å². The number of nitrogens with zero attached hydrogens (tertiary/aromatic N) is 3. The average molecular weight is 716 g/mol. The van der Waals surface area contributed by atoms with Crippen LogP contribution in [0.3, 0.4) is 0 Å². The normalized spacial score (nSPS) is 11.9. The van der Waals surface area contributed by atoms with E-state index >= 15 is 0 Å². The molecular formula is C51H29N3O2. The molecule has 9 aromatic carbocycles. The number of aromatic nitrogens is 3. The lowest BCUT2D eigenvalue weighted by Crippen LogP contribution is -2.01. The molecule has 0 aliphatic heterocycles. The second kappa shape index (κ2) is 11.9. The van der Waals surface area contributed by atoms with E-state index in [-0.39, 0.29) is 0 Å². The average Bonchev–Trinajstić information content (AvgIpc) is 3.85. The van der Waals surface area contributed by atoms with Gasteiger partial charge < -0.3 is 8.83 Å². The van der Waals surface area contributed by atoms with Gasteiger partial charge in [0.05, 0.1) is 0 Å². The molecule has 0 aliphatic carbocycles. The van der Waals surface area contributed by atoms with Crippen LogP contribution in [0, 0.1) is 0 Å². The summed E-state index contributed by atoms with van der Waals surface area (Å²) in [6.45, 7) is 0. The first-order valence-electron chi connectivity index (χ1n) is 18.8. The Bertz CT molecular complexity index is 3510. The van der Waals surface area contributed by atoms with Gasteiger partial charge in [0.1, 0.15) is 22.3 Å². The molecule has 260 valence electrons. The first-order chi connectivity index (χ1) is 27.7. The van der Waals surface area contributed by atoms with Crippen molar-refractivity contribution < 1.29 is 8.83 Å². The molecule has 0 N–H and O–H groups in total. The van der Waals surface area contributed by atoms with Crippen molar-refractivity contribution in [1.82, 2.24) is 15.0 Å². The van der Waals surface area contributed by atoms with E-state index in [9.17, 15) is 0 Å². The maximum atomic E-state index is 6.63. The summed E-state index contributed by atoms with van der Waals surface area (Å²) in [7, 11) is 0. The molecule has 3 heterocycles. The maximum Gasteiger partial charge on any atom is 0.164 e. The summed E-state index contributed by atoms with van der Waals surface area (Å²) in [4.78, 5) is 15.7. The van der Waals surface area contributed by atoms with Crippen LogP contribution in [0.25, 0.3) is 121 Å². The SMILES string of the molecule is c1ccc(-c2nc(-c3cccc4oc5ccccc5c34)nc(-c3cc(-c4ccc5c6ccccc6c6ccccc6c5c4)cc4oc5ccccc5c34)n2)cc1. The van der Waals surface area contributed by atoms with E-state index in [0.717, 1.165) is 71.7 Å². The Morgan fingerprint density at radius 2 is 0.768 bits per heavy atom. The molecule has 5 nitrogen and oxygen atoms in total. The third-order valence-corrected chi connectivity index (χ3v) is 11.1. The summed E-state index contributed by atoms with van der Waals surface area (Å²) in [6, 6.07) is 61.0. The molecule has 5 heteroatoms. The van der Waals surface area contributed by atoms with E-state index in [1.54, 1.807) is 0 Å². The molecule has 56 heavy (non-hydrogen) atoms. The number of benzene rings is 9. The zero-order chi connectivity index (χ0) is 36.7. The number of para-hydroxylation sites is 2. The van der Waals surface area contributed by atoms with Crippen LogP contribution in [-0.2, 0) is 0 Å². The molecule has 0 spiro atoms. The predicted octanol–water partition coefficient (Wildman–Crippen LogP) is 13.8. The van der Waals surface area contributed by atoms with E-state index in [1.165, 1.54) is 32.3 Å². The standard InChI is InChI=1S/C51H29N3O2/c1-2-13-30(14-3-1)49-52-50(40-21-12-24-45-47(40)38-19-8-10-22-43(38)55-45)54-51(53-49)42-28-32(29-46-48(42)39-20-9-11-23-44(39)56-46)31-25-26-37-35-17-5-4-15-33(35)34-16-6-7-18-36(34)41(37)27-31/h1-29H. The molecule has 3 aromatic heterocycles. The molecule has 0 unspecified atom stereocenters. The van der Waals surface area contributed by atoms with Gasteiger partial charge in [0.25, 0.3) is 0 Å². The third kappa shape index (κ3) is 4.64. The second-order valence-electron chi connectivity index (χ2n) is 14.3. The van der Waals surface area contributed by atoms with E-state index in [0.29, 0.717) is 17.5 Å². The van der Waals surface area contributed by atoms with Crippen molar-refractivity contribution in [1.29, 1.82) is 0 Å². The van der Waals surface area contributed by atoms with Crippen LogP contribution in [-0.4, -0.2) is 15.0 Å². The van der Waals surface area contributed by atoms with Crippen LogP contribution >= 0.6 is 0 Å². The molecule has 0 atom stereocenters. The van der Waals surface area contributed by atoms with Gasteiger partial charge in [-0.1, -0.05) is 140 Å². The Hall–Kier alpha value is -7.63. The van der Waals surface area contributed by atoms with Gasteiger partial charge in [0, 0.05) is 38.2 Å². The Kier molecular flexibility index (Phi) is 6.56. The van der Waals surface area contributed by atoms with Crippen LogP contribution in [0.1, 0.15) is 0 Å². The molecule has 0 aliphatic rings. The number of rotatable bonds is 4. The van der Waals surface area contributed by atoms with Crippen LogP contribution in [0.15, 0.2) is 185 Å². The molecule has 0 saturated heterocycles. The Morgan fingerprint density at radius 1 is 0.268 bits per heavy atom. The third-order valence-electron chi connectivity index (χ3n) is 11.1. The number of hydrogen-bond donors (Lipinski definition) is 0. The lowest BCUT2D eigenvalue weighted by molar-refractivity contribution is 0.668. The van der Waals surface area contributed by atoms with Crippen LogP contribution in [0.5, 0.6) is 0 Å². The second-order valence-corrected chi connectivity index (χ2v) is 14.3. The summed E-state index contributed by atoms with van der Waals surface area (Å²) < 4.78 is 12.9. The zero-order valence-electron chi connectivity index (χ0n) is 29.9. The highest BCUT2D eigenvalue weighted by molar-refractivity contribution is 6.26. The quantitative estimate of drug-likeness (QED) is 0.170. The van der Waals surface area contributed by atoms with Crippen molar-refractivity contribution in [2.75, 3.05) is 0 Å². The minimum absolute atomic E-state index is 0.564. The first-order valence-corrected chi connectivity index (χ1v) is 18.8. The van der Waals surface area contributed by atoms with Crippen molar-refractivity contribution in [3.05, 3.63) is 176 Å². The molecule has 12 rings (SSSR count). The Labute approximate surface area is 320 Å². The van der Waals surface area contributed by atoms with Gasteiger partial charge in [-0.05, 0) is 79.8 Å². The van der Waals surface area contributed by atoms with Crippen LogP contribution in [0.2, 0.25) is 0 Å². The van der Waals surface area contributed by atoms with Crippen molar-refractivity contribution in [2.24, 2.45) is 0 Å². The minimum Gasteiger partial charge on any atom is -0.456 e. The number of fused-ring (bicyclic) bond motifs is 12. The highest BCUT2D eigenvalue weighted by Gasteiger charge is 2.22. The highest BCUT2D eigenvalue weighted by Crippen LogP contribution is 2.43. The molecule has 0 radical (unpaired) electrons. The fourth-order valence-electron chi connectivity index (χ4n) is 8.58. The van der Waals surface area contributed by atoms with Gasteiger partial charge in [-0.15, -0.1) is 0 Å². The number of furan rings is 2. The summed E-state index contributed by atoms with van der Waals surface area (Å²) in [5, 5.41) is 11.4. The summed E-state index contributed by atoms with van der Waals surface area (Å²) in [5.41, 5.74) is 7.93. The van der Waals surface area contributed by atoms with Gasteiger partial charge in [0.15, 0.2) is 17.5 Å². The van der Waals surface area contributed by atoms with E-state index in [1.807, 2.05) is 78.9 Å². The largest absolute Gasteiger partial charge is 0.456 e. The van der Waals surface area contributed by atoms with Crippen molar-refractivity contribution in [3.63, 3.8) is 0 Å². The van der Waals surface area contributed by atoms with E-state index in [4.69, 9.17) is 23.8 Å². The summed E-state index contributed by atoms with van der Waals surface area (Å²) in [5.74, 6) is 1.72. The van der Waals surface area contributed by atoms with Gasteiger partial charge in [-0.25, -0.2) is 15.0 Å². The fourth-order valence-corrected chi connectivity index (χ4v) is 8.58. The van der Waals surface area contributed by atoms with Crippen molar-refractivity contribution in [2.45, 2.75) is 0 Å². The highest BCUT2D eigenvalue weighted by atomic mass is 16.3. The van der Waals surface area contributed by atoms with Crippen molar-refractivity contribution in [3.8, 4) is 45.3 Å². The first kappa shape index (κ1) is 30.8. The summed E-state index contributed by atoms with van der Waals surface area (Å²) >= 11 is 0. The fraction of sp³-hybridized carbons (Fsp3) is 0. The molecule has 0 fully saturated rings. The molecule has 0 saturated carbocycles. The van der Waals surface area contributed by atoms with Gasteiger partial charge in [-0.3, -0.25) is 0 Å². The maximum absolute atomic E-state index is 6.63. The molecular weight excluding hydrogens is 687 g/mol. The van der Waals surface area contributed by atoms with Gasteiger partial charge in [-0.2, -0.15) is 0 Å². The number of hydrogen-bond acceptors (Lipinski definition) is 5. The summed E-state index contributed by atoms with van der Waals surface area (Å²) in [6.07, 6.45) is 0. The van der Waals surface area contributed by atoms with E-state index in [2.05, 4.69) is 97.1 Å². The Balaban J connectivity index is 1.15. The van der Waals surface area contributed by atoms with Crippen LogP contribution < -0.4 is 0 Å². The lowest BCUT2D eigenvalue weighted by Gasteiger charge is -2.13. The Morgan fingerprint density at radius 3 is 1.45 bits per heavy atom. The predicted molar refractivity (Wildman–Crippen MR) is 229 cm³/mol. The minimum atomic E-state index is 0.564. The molecule has 0 bridgehead atoms. The van der Waals surface area contributed by atoms with Crippen LogP contribution in [0.4, 0.5) is 0 Å². The van der Waals surface area contributed by atoms with E-state index < -0.39 is 0 Å². The zero-order valence-corrected chi connectivity index (χ0v) is 29.9. The molecule has 12 aromatic rings. The molecule has 0 amide bonds. The van der Waals surface area contributed by atoms with Crippen molar-refractivity contribution >= 4 is 76.2 Å². The lowest BCUT2D eigenvalue weighted by atomic mass is 9.91. The smallest absolute Gasteiger partial charge is 0.164 e. The monoisotopic (exact) mass is 715 g/mol. The van der Waals surface area contributed by atoms with Gasteiger partial charge in [0.2, 0.25) is 0 Å². The topological polar surface area (TPSA) is 65.0 Å².